The topological polar surface area (TPSA) is 105 Å². The van der Waals surface area contributed by atoms with Gasteiger partial charge in [-0.15, -0.1) is 0 Å². The molecule has 1 aromatic carbocycles. The van der Waals surface area contributed by atoms with E-state index in [-0.39, 0.29) is 12.6 Å². The summed E-state index contributed by atoms with van der Waals surface area (Å²) in [7, 11) is 0. The first-order valence-electron chi connectivity index (χ1n) is 9.71. The highest BCUT2D eigenvalue weighted by Gasteiger charge is 2.30. The number of nitrogens with one attached hydrogen (secondary N) is 1. The van der Waals surface area contributed by atoms with Gasteiger partial charge < -0.3 is 25.5 Å². The second kappa shape index (κ2) is 9.01. The first-order valence-corrected chi connectivity index (χ1v) is 10.9. The molecule has 1 unspecified atom stereocenters. The van der Waals surface area contributed by atoms with E-state index in [1.807, 2.05) is 36.1 Å². The van der Waals surface area contributed by atoms with Gasteiger partial charge in [0, 0.05) is 37.4 Å². The van der Waals surface area contributed by atoms with E-state index in [9.17, 15) is 10.2 Å². The van der Waals surface area contributed by atoms with Gasteiger partial charge in [-0.05, 0) is 25.1 Å². The molecule has 0 saturated carbocycles. The molecule has 0 amide bonds. The smallest absolute Gasteiger partial charge is 0.186 e. The fourth-order valence-electron chi connectivity index (χ4n) is 3.62. The lowest BCUT2D eigenvalue weighted by molar-refractivity contribution is -0.00539. The van der Waals surface area contributed by atoms with Gasteiger partial charge in [0.05, 0.1) is 21.8 Å². The van der Waals surface area contributed by atoms with Gasteiger partial charge in [0.25, 0.3) is 0 Å². The van der Waals surface area contributed by atoms with Gasteiger partial charge in [-0.25, -0.2) is 9.97 Å². The minimum absolute atomic E-state index is 0.0382. The molecule has 1 aliphatic heterocycles. The number of thiazole rings is 1. The van der Waals surface area contributed by atoms with Crippen LogP contribution in [0.1, 0.15) is 18.6 Å². The molecule has 1 saturated heterocycles. The molecule has 4 rings (SSSR count). The molecular weight excluding hydrogens is 426 g/mol. The van der Waals surface area contributed by atoms with Gasteiger partial charge in [0.2, 0.25) is 0 Å². The van der Waals surface area contributed by atoms with Crippen LogP contribution in [0.3, 0.4) is 0 Å². The quantitative estimate of drug-likeness (QED) is 0.425. The number of benzene rings is 1. The lowest BCUT2D eigenvalue weighted by Gasteiger charge is -2.42. The lowest BCUT2D eigenvalue weighted by atomic mass is 10.1. The summed E-state index contributed by atoms with van der Waals surface area (Å²) in [4.78, 5) is 12.9. The molecule has 30 heavy (non-hydrogen) atoms. The Labute approximate surface area is 183 Å². The van der Waals surface area contributed by atoms with Crippen molar-refractivity contribution in [1.29, 1.82) is 0 Å². The van der Waals surface area contributed by atoms with E-state index in [1.54, 1.807) is 6.07 Å². The highest BCUT2D eigenvalue weighted by atomic mass is 35.5. The highest BCUT2D eigenvalue weighted by molar-refractivity contribution is 7.22. The SMILES string of the molecule is C[C@@H]1CN(c2ncc([C@H](O)CO)cc2Cl)CCN1C(O)Nc1nc2ccccc2s1. The summed E-state index contributed by atoms with van der Waals surface area (Å²) in [5.41, 5.74) is 1.39. The minimum Gasteiger partial charge on any atom is -0.393 e. The van der Waals surface area contributed by atoms with E-state index in [0.717, 1.165) is 10.2 Å². The van der Waals surface area contributed by atoms with Gasteiger partial charge in [0.15, 0.2) is 11.5 Å². The largest absolute Gasteiger partial charge is 0.393 e. The van der Waals surface area contributed by atoms with Crippen molar-refractivity contribution < 1.29 is 15.3 Å². The molecule has 1 fully saturated rings. The number of hydrogen-bond acceptors (Lipinski definition) is 9. The van der Waals surface area contributed by atoms with Crippen LogP contribution in [0.5, 0.6) is 0 Å². The summed E-state index contributed by atoms with van der Waals surface area (Å²) in [5.74, 6) is 0.630. The van der Waals surface area contributed by atoms with Gasteiger partial charge >= 0.3 is 0 Å². The average molecular weight is 450 g/mol. The molecule has 4 N–H and O–H groups in total. The van der Waals surface area contributed by atoms with Crippen molar-refractivity contribution in [3.05, 3.63) is 47.1 Å². The molecule has 3 atom stereocenters. The Balaban J connectivity index is 1.41. The maximum absolute atomic E-state index is 10.7. The number of aliphatic hydroxyl groups excluding tert-OH is 3. The number of rotatable bonds is 6. The molecule has 10 heteroatoms. The standard InChI is InChI=1S/C20H24ClN5O3S/c1-12-10-25(18-14(21)8-13(9-22-18)16(28)11-27)6-7-26(12)20(29)24-19-23-15-4-2-3-5-17(15)30-19/h2-5,8-9,12,16,20,27-29H,6-7,10-11H2,1H3,(H,23,24)/t12-,16-,20?/m1/s1. The summed E-state index contributed by atoms with van der Waals surface area (Å²) >= 11 is 7.89. The third kappa shape index (κ3) is 4.36. The maximum Gasteiger partial charge on any atom is 0.186 e. The van der Waals surface area contributed by atoms with Crippen molar-refractivity contribution in [1.82, 2.24) is 14.9 Å². The number of aliphatic hydroxyl groups is 3. The fourth-order valence-corrected chi connectivity index (χ4v) is 4.80. The van der Waals surface area contributed by atoms with Gasteiger partial charge in [-0.3, -0.25) is 4.90 Å². The Bertz CT molecular complexity index is 986. The molecular formula is C20H24ClN5O3S. The number of aromatic nitrogens is 2. The zero-order chi connectivity index (χ0) is 21.3. The lowest BCUT2D eigenvalue weighted by Crippen LogP contribution is -2.57. The van der Waals surface area contributed by atoms with Gasteiger partial charge in [-0.2, -0.15) is 0 Å². The average Bonchev–Trinajstić information content (AvgIpc) is 3.15. The molecule has 3 aromatic rings. The van der Waals surface area contributed by atoms with E-state index in [1.165, 1.54) is 17.5 Å². The van der Waals surface area contributed by atoms with E-state index in [4.69, 9.17) is 16.7 Å². The summed E-state index contributed by atoms with van der Waals surface area (Å²) in [6, 6.07) is 9.54. The van der Waals surface area contributed by atoms with Gasteiger partial charge in [-0.1, -0.05) is 35.1 Å². The van der Waals surface area contributed by atoms with Crippen LogP contribution >= 0.6 is 22.9 Å². The summed E-state index contributed by atoms with van der Waals surface area (Å²) in [6.07, 6.45) is -0.320. The van der Waals surface area contributed by atoms with Crippen molar-refractivity contribution in [2.45, 2.75) is 25.4 Å². The molecule has 2 aromatic heterocycles. The van der Waals surface area contributed by atoms with E-state index in [0.29, 0.717) is 41.2 Å². The molecule has 8 nitrogen and oxygen atoms in total. The van der Waals surface area contributed by atoms with E-state index in [2.05, 4.69) is 20.2 Å². The number of fused-ring (bicyclic) bond motifs is 1. The van der Waals surface area contributed by atoms with Crippen LogP contribution in [0.4, 0.5) is 10.9 Å². The molecule has 3 heterocycles. The van der Waals surface area contributed by atoms with Gasteiger partial charge in [0.1, 0.15) is 11.9 Å². The summed E-state index contributed by atoms with van der Waals surface area (Å²) in [5, 5.41) is 33.8. The van der Waals surface area contributed by atoms with Crippen LogP contribution in [0, 0.1) is 0 Å². The molecule has 1 aliphatic rings. The van der Waals surface area contributed by atoms with Crippen LogP contribution in [-0.2, 0) is 0 Å². The van der Waals surface area contributed by atoms with Crippen molar-refractivity contribution in [3.63, 3.8) is 0 Å². The van der Waals surface area contributed by atoms with Crippen molar-refractivity contribution in [3.8, 4) is 0 Å². The second-order valence-electron chi connectivity index (χ2n) is 7.31. The first-order chi connectivity index (χ1) is 14.5. The zero-order valence-corrected chi connectivity index (χ0v) is 18.0. The van der Waals surface area contributed by atoms with Crippen molar-refractivity contribution >= 4 is 44.1 Å². The summed E-state index contributed by atoms with van der Waals surface area (Å²) in [6.45, 7) is 3.53. The van der Waals surface area contributed by atoms with Crippen molar-refractivity contribution in [2.75, 3.05) is 36.5 Å². The summed E-state index contributed by atoms with van der Waals surface area (Å²) < 4.78 is 1.07. The third-order valence-electron chi connectivity index (χ3n) is 5.24. The Morgan fingerprint density at radius 1 is 1.30 bits per heavy atom. The predicted octanol–water partition coefficient (Wildman–Crippen LogP) is 2.27. The Morgan fingerprint density at radius 2 is 2.10 bits per heavy atom. The van der Waals surface area contributed by atoms with Crippen molar-refractivity contribution in [2.24, 2.45) is 0 Å². The number of para-hydroxylation sites is 1. The molecule has 0 aliphatic carbocycles. The second-order valence-corrected chi connectivity index (χ2v) is 8.75. The molecule has 0 spiro atoms. The van der Waals surface area contributed by atoms with E-state index >= 15 is 0 Å². The first kappa shape index (κ1) is 21.2. The van der Waals surface area contributed by atoms with Crippen LogP contribution in [-0.4, -0.2) is 68.8 Å². The van der Waals surface area contributed by atoms with Crippen LogP contribution in [0.15, 0.2) is 36.5 Å². The number of piperazine rings is 1. The number of nitrogens with zero attached hydrogens (tertiary/aromatic N) is 4. The normalized spacial score (nSPS) is 19.8. The fraction of sp³-hybridized carbons (Fsp3) is 0.400. The van der Waals surface area contributed by atoms with Crippen LogP contribution < -0.4 is 10.2 Å². The molecule has 0 bridgehead atoms. The number of halogens is 1. The minimum atomic E-state index is -0.997. The number of pyridine rings is 1. The monoisotopic (exact) mass is 449 g/mol. The Kier molecular flexibility index (Phi) is 6.37. The Morgan fingerprint density at radius 3 is 2.80 bits per heavy atom. The predicted molar refractivity (Wildman–Crippen MR) is 119 cm³/mol. The number of hydrogen-bond donors (Lipinski definition) is 4. The van der Waals surface area contributed by atoms with Crippen LogP contribution in [0.2, 0.25) is 5.02 Å². The zero-order valence-electron chi connectivity index (χ0n) is 16.4. The maximum atomic E-state index is 10.7. The third-order valence-corrected chi connectivity index (χ3v) is 6.49. The van der Waals surface area contributed by atoms with E-state index < -0.39 is 12.5 Å². The highest BCUT2D eigenvalue weighted by Crippen LogP contribution is 2.29. The van der Waals surface area contributed by atoms with Crippen LogP contribution in [0.25, 0.3) is 10.2 Å². The number of anilines is 2. The molecule has 160 valence electrons. The molecule has 0 radical (unpaired) electrons. The Hall–Kier alpha value is -2.01.